The van der Waals surface area contributed by atoms with Gasteiger partial charge in [0.1, 0.15) is 11.6 Å². The molecule has 2 N–H and O–H groups in total. The van der Waals surface area contributed by atoms with Crippen LogP contribution in [0.3, 0.4) is 0 Å². The van der Waals surface area contributed by atoms with Crippen molar-refractivity contribution in [3.63, 3.8) is 0 Å². The van der Waals surface area contributed by atoms with Gasteiger partial charge in [0.2, 0.25) is 0 Å². The third kappa shape index (κ3) is 4.79. The van der Waals surface area contributed by atoms with Crippen molar-refractivity contribution >= 4 is 28.8 Å². The average Bonchev–Trinajstić information content (AvgIpc) is 2.70. The van der Waals surface area contributed by atoms with Gasteiger partial charge in [-0.25, -0.2) is 4.98 Å². The first kappa shape index (κ1) is 19.2. The second-order valence-corrected chi connectivity index (χ2v) is 6.38. The van der Waals surface area contributed by atoms with Gasteiger partial charge in [-0.1, -0.05) is 12.1 Å². The zero-order valence-electron chi connectivity index (χ0n) is 16.3. The SMILES string of the molecule is CCOc1ccccc1NC(=O)c1ccc(Nc2ccc(N(C)C)cc2)nc1. The highest BCUT2D eigenvalue weighted by Crippen LogP contribution is 2.24. The number of anilines is 4. The Bertz CT molecular complexity index is 922. The van der Waals surface area contributed by atoms with Gasteiger partial charge in [-0.15, -0.1) is 0 Å². The second kappa shape index (κ2) is 8.90. The Morgan fingerprint density at radius 2 is 1.79 bits per heavy atom. The van der Waals surface area contributed by atoms with Crippen molar-refractivity contribution in [1.29, 1.82) is 0 Å². The molecular formula is C22H24N4O2. The van der Waals surface area contributed by atoms with Crippen LogP contribution in [0.4, 0.5) is 22.9 Å². The van der Waals surface area contributed by atoms with Crippen LogP contribution in [0.25, 0.3) is 0 Å². The lowest BCUT2D eigenvalue weighted by Crippen LogP contribution is -2.13. The molecule has 1 heterocycles. The largest absolute Gasteiger partial charge is 0.492 e. The van der Waals surface area contributed by atoms with Crippen molar-refractivity contribution in [2.45, 2.75) is 6.92 Å². The molecule has 0 bridgehead atoms. The van der Waals surface area contributed by atoms with Gasteiger partial charge < -0.3 is 20.3 Å². The monoisotopic (exact) mass is 376 g/mol. The summed E-state index contributed by atoms with van der Waals surface area (Å²) >= 11 is 0. The molecule has 0 fully saturated rings. The summed E-state index contributed by atoms with van der Waals surface area (Å²) in [4.78, 5) is 18.9. The Labute approximate surface area is 165 Å². The van der Waals surface area contributed by atoms with Gasteiger partial charge in [-0.3, -0.25) is 4.79 Å². The van der Waals surface area contributed by atoms with E-state index in [-0.39, 0.29) is 5.91 Å². The van der Waals surface area contributed by atoms with Gasteiger partial charge >= 0.3 is 0 Å². The summed E-state index contributed by atoms with van der Waals surface area (Å²) < 4.78 is 5.54. The molecule has 3 aromatic rings. The summed E-state index contributed by atoms with van der Waals surface area (Å²) in [5.41, 5.74) is 3.16. The standard InChI is InChI=1S/C22H24N4O2/c1-4-28-20-8-6-5-7-19(20)25-22(27)16-9-14-21(23-15-16)24-17-10-12-18(13-11-17)26(2)3/h5-15H,4H2,1-3H3,(H,23,24)(H,25,27). The highest BCUT2D eigenvalue weighted by molar-refractivity contribution is 6.04. The third-order valence-corrected chi connectivity index (χ3v) is 4.12. The van der Waals surface area contributed by atoms with Crippen LogP contribution in [0.15, 0.2) is 66.9 Å². The van der Waals surface area contributed by atoms with E-state index in [0.29, 0.717) is 29.4 Å². The van der Waals surface area contributed by atoms with Gasteiger partial charge in [-0.2, -0.15) is 0 Å². The maximum Gasteiger partial charge on any atom is 0.257 e. The first-order valence-corrected chi connectivity index (χ1v) is 9.10. The van der Waals surface area contributed by atoms with Crippen molar-refractivity contribution in [3.8, 4) is 5.75 Å². The number of amides is 1. The van der Waals surface area contributed by atoms with E-state index < -0.39 is 0 Å². The Balaban J connectivity index is 1.66. The predicted molar refractivity (Wildman–Crippen MR) is 114 cm³/mol. The first-order chi connectivity index (χ1) is 13.6. The number of nitrogens with zero attached hydrogens (tertiary/aromatic N) is 2. The fourth-order valence-corrected chi connectivity index (χ4v) is 2.64. The number of hydrogen-bond donors (Lipinski definition) is 2. The highest BCUT2D eigenvalue weighted by Gasteiger charge is 2.10. The Morgan fingerprint density at radius 1 is 1.04 bits per heavy atom. The summed E-state index contributed by atoms with van der Waals surface area (Å²) in [7, 11) is 4.00. The molecule has 6 heteroatoms. The number of benzene rings is 2. The number of nitrogens with one attached hydrogen (secondary N) is 2. The molecule has 0 spiro atoms. The molecular weight excluding hydrogens is 352 g/mol. The quantitative estimate of drug-likeness (QED) is 0.634. The average molecular weight is 376 g/mol. The number of carbonyl (C=O) groups excluding carboxylic acids is 1. The van der Waals surface area contributed by atoms with Crippen LogP contribution in [-0.4, -0.2) is 31.6 Å². The van der Waals surface area contributed by atoms with E-state index in [1.54, 1.807) is 18.3 Å². The molecule has 0 unspecified atom stereocenters. The Hall–Kier alpha value is -3.54. The minimum atomic E-state index is -0.235. The minimum Gasteiger partial charge on any atom is -0.492 e. The molecule has 6 nitrogen and oxygen atoms in total. The van der Waals surface area contributed by atoms with E-state index in [1.165, 1.54) is 0 Å². The third-order valence-electron chi connectivity index (χ3n) is 4.12. The molecule has 1 aromatic heterocycles. The van der Waals surface area contributed by atoms with Crippen LogP contribution in [0.1, 0.15) is 17.3 Å². The van der Waals surface area contributed by atoms with Crippen molar-refractivity contribution in [1.82, 2.24) is 4.98 Å². The van der Waals surface area contributed by atoms with Gasteiger partial charge in [0.05, 0.1) is 17.9 Å². The van der Waals surface area contributed by atoms with Crippen molar-refractivity contribution in [3.05, 3.63) is 72.4 Å². The van der Waals surface area contributed by atoms with Gasteiger partial charge in [0, 0.05) is 31.7 Å². The van der Waals surface area contributed by atoms with Crippen LogP contribution in [0.5, 0.6) is 5.75 Å². The second-order valence-electron chi connectivity index (χ2n) is 6.38. The molecule has 0 aliphatic heterocycles. The number of para-hydroxylation sites is 2. The molecule has 0 atom stereocenters. The van der Waals surface area contributed by atoms with Crippen LogP contribution in [0.2, 0.25) is 0 Å². The van der Waals surface area contributed by atoms with Crippen LogP contribution in [0, 0.1) is 0 Å². The highest BCUT2D eigenvalue weighted by atomic mass is 16.5. The summed E-state index contributed by atoms with van der Waals surface area (Å²) in [6.07, 6.45) is 1.55. The smallest absolute Gasteiger partial charge is 0.257 e. The number of carbonyl (C=O) groups is 1. The van der Waals surface area contributed by atoms with E-state index in [4.69, 9.17) is 4.74 Å². The van der Waals surface area contributed by atoms with E-state index >= 15 is 0 Å². The number of aromatic nitrogens is 1. The molecule has 0 saturated heterocycles. The topological polar surface area (TPSA) is 66.5 Å². The summed E-state index contributed by atoms with van der Waals surface area (Å²) in [5.74, 6) is 1.08. The Kier molecular flexibility index (Phi) is 6.11. The molecule has 0 saturated carbocycles. The van der Waals surface area contributed by atoms with Crippen molar-refractivity contribution in [2.75, 3.05) is 36.2 Å². The number of rotatable bonds is 7. The maximum absolute atomic E-state index is 12.5. The maximum atomic E-state index is 12.5. The molecule has 2 aromatic carbocycles. The van der Waals surface area contributed by atoms with E-state index in [1.807, 2.05) is 74.4 Å². The minimum absolute atomic E-state index is 0.235. The predicted octanol–water partition coefficient (Wildman–Crippen LogP) is 4.54. The lowest BCUT2D eigenvalue weighted by Gasteiger charge is -2.13. The van der Waals surface area contributed by atoms with Gasteiger partial charge in [0.25, 0.3) is 5.91 Å². The van der Waals surface area contributed by atoms with Gasteiger partial charge in [-0.05, 0) is 55.5 Å². The fourth-order valence-electron chi connectivity index (χ4n) is 2.64. The molecule has 3 rings (SSSR count). The molecule has 1 amide bonds. The Morgan fingerprint density at radius 3 is 2.43 bits per heavy atom. The number of pyridine rings is 1. The summed E-state index contributed by atoms with van der Waals surface area (Å²) in [5, 5.41) is 6.10. The van der Waals surface area contributed by atoms with E-state index in [2.05, 4.69) is 15.6 Å². The van der Waals surface area contributed by atoms with E-state index in [0.717, 1.165) is 11.4 Å². The summed E-state index contributed by atoms with van der Waals surface area (Å²) in [6.45, 7) is 2.44. The summed E-state index contributed by atoms with van der Waals surface area (Å²) in [6, 6.07) is 18.9. The molecule has 0 radical (unpaired) electrons. The van der Waals surface area contributed by atoms with Gasteiger partial charge in [0.15, 0.2) is 0 Å². The van der Waals surface area contributed by atoms with Crippen molar-refractivity contribution in [2.24, 2.45) is 0 Å². The first-order valence-electron chi connectivity index (χ1n) is 9.10. The molecule has 144 valence electrons. The zero-order chi connectivity index (χ0) is 19.9. The van der Waals surface area contributed by atoms with Crippen LogP contribution >= 0.6 is 0 Å². The number of ether oxygens (including phenoxy) is 1. The lowest BCUT2D eigenvalue weighted by molar-refractivity contribution is 0.102. The molecule has 0 aliphatic carbocycles. The number of hydrogen-bond acceptors (Lipinski definition) is 5. The lowest BCUT2D eigenvalue weighted by atomic mass is 10.2. The fraction of sp³-hybridized carbons (Fsp3) is 0.182. The molecule has 0 aliphatic rings. The van der Waals surface area contributed by atoms with Crippen LogP contribution in [-0.2, 0) is 0 Å². The van der Waals surface area contributed by atoms with E-state index in [9.17, 15) is 4.79 Å². The molecule has 28 heavy (non-hydrogen) atoms. The normalized spacial score (nSPS) is 10.2. The van der Waals surface area contributed by atoms with Crippen LogP contribution < -0.4 is 20.3 Å². The van der Waals surface area contributed by atoms with Crippen molar-refractivity contribution < 1.29 is 9.53 Å². The zero-order valence-corrected chi connectivity index (χ0v) is 16.3.